The summed E-state index contributed by atoms with van der Waals surface area (Å²) in [5.74, 6) is 0. The molecular weight excluding hydrogens is 288 g/mol. The molecule has 2 rings (SSSR count). The van der Waals surface area contributed by atoms with Crippen LogP contribution >= 0.6 is 0 Å². The summed E-state index contributed by atoms with van der Waals surface area (Å²) >= 11 is 0. The van der Waals surface area contributed by atoms with Crippen LogP contribution in [0.3, 0.4) is 0 Å². The van der Waals surface area contributed by atoms with Crippen molar-refractivity contribution < 1.29 is 14.2 Å². The van der Waals surface area contributed by atoms with Gasteiger partial charge in [0.2, 0.25) is 0 Å². The summed E-state index contributed by atoms with van der Waals surface area (Å²) < 4.78 is 17.0. The maximum absolute atomic E-state index is 5.83. The molecular formula is C20H28O3. The van der Waals surface area contributed by atoms with Crippen molar-refractivity contribution in [3.63, 3.8) is 0 Å². The Hall–Kier alpha value is -1.42. The maximum atomic E-state index is 5.83. The second-order valence-electron chi connectivity index (χ2n) is 5.88. The van der Waals surface area contributed by atoms with Gasteiger partial charge in [0.1, 0.15) is 6.10 Å². The van der Waals surface area contributed by atoms with Gasteiger partial charge in [0.05, 0.1) is 5.60 Å². The van der Waals surface area contributed by atoms with E-state index in [0.29, 0.717) is 13.2 Å². The monoisotopic (exact) mass is 316 g/mol. The lowest BCUT2D eigenvalue weighted by atomic mass is 10.0. The molecule has 0 saturated carbocycles. The number of hydrogen-bond donors (Lipinski definition) is 0. The molecule has 0 bridgehead atoms. The molecule has 0 unspecified atom stereocenters. The third kappa shape index (κ3) is 5.94. The van der Waals surface area contributed by atoms with Crippen LogP contribution in [0.25, 0.3) is 6.08 Å². The lowest BCUT2D eigenvalue weighted by molar-refractivity contribution is -0.141. The maximum Gasteiger partial charge on any atom is 0.157 e. The second-order valence-corrected chi connectivity index (χ2v) is 5.88. The molecule has 23 heavy (non-hydrogen) atoms. The molecule has 1 aliphatic heterocycles. The molecule has 0 spiro atoms. The van der Waals surface area contributed by atoms with E-state index in [4.69, 9.17) is 14.2 Å². The Bertz CT molecular complexity index is 503. The molecule has 3 nitrogen and oxygen atoms in total. The molecule has 0 amide bonds. The fourth-order valence-corrected chi connectivity index (χ4v) is 2.59. The summed E-state index contributed by atoms with van der Waals surface area (Å²) in [4.78, 5) is 0. The van der Waals surface area contributed by atoms with Crippen LogP contribution in [0.1, 0.15) is 39.2 Å². The zero-order chi connectivity index (χ0) is 16.5. The summed E-state index contributed by atoms with van der Waals surface area (Å²) in [6.07, 6.45) is 10.2. The zero-order valence-corrected chi connectivity index (χ0v) is 14.4. The Kier molecular flexibility index (Phi) is 7.03. The van der Waals surface area contributed by atoms with Gasteiger partial charge in [-0.15, -0.1) is 0 Å². The molecule has 2 atom stereocenters. The lowest BCUT2D eigenvalue weighted by Gasteiger charge is -2.17. The first-order valence-electron chi connectivity index (χ1n) is 8.49. The molecule has 0 aliphatic carbocycles. The van der Waals surface area contributed by atoms with Crippen molar-refractivity contribution in [1.29, 1.82) is 0 Å². The van der Waals surface area contributed by atoms with Crippen LogP contribution in [0, 0.1) is 0 Å². The summed E-state index contributed by atoms with van der Waals surface area (Å²) in [5, 5.41) is 0. The summed E-state index contributed by atoms with van der Waals surface area (Å²) in [6.45, 7) is 7.49. The SMILES string of the molecule is CCOC(CC[C@]1(C)O[C@H]1/C=C\C=C\c1ccccc1)OCC. The van der Waals surface area contributed by atoms with Gasteiger partial charge < -0.3 is 14.2 Å². The predicted molar refractivity (Wildman–Crippen MR) is 94.2 cm³/mol. The quantitative estimate of drug-likeness (QED) is 0.359. The number of hydrogen-bond acceptors (Lipinski definition) is 3. The first-order valence-corrected chi connectivity index (χ1v) is 8.49. The third-order valence-electron chi connectivity index (χ3n) is 4.01. The van der Waals surface area contributed by atoms with Gasteiger partial charge in [-0.3, -0.25) is 0 Å². The minimum atomic E-state index is -0.117. The average molecular weight is 316 g/mol. The summed E-state index contributed by atoms with van der Waals surface area (Å²) in [6, 6.07) is 10.3. The third-order valence-corrected chi connectivity index (χ3v) is 4.01. The summed E-state index contributed by atoms with van der Waals surface area (Å²) in [7, 11) is 0. The average Bonchev–Trinajstić information content (AvgIpc) is 3.21. The largest absolute Gasteiger partial charge is 0.362 e. The van der Waals surface area contributed by atoms with Crippen molar-refractivity contribution in [2.24, 2.45) is 0 Å². The molecule has 0 N–H and O–H groups in total. The second kappa shape index (κ2) is 9.02. The zero-order valence-electron chi connectivity index (χ0n) is 14.4. The van der Waals surface area contributed by atoms with E-state index in [0.717, 1.165) is 12.8 Å². The van der Waals surface area contributed by atoms with E-state index in [1.807, 2.05) is 32.0 Å². The van der Waals surface area contributed by atoms with E-state index < -0.39 is 0 Å². The van der Waals surface area contributed by atoms with Crippen LogP contribution in [-0.2, 0) is 14.2 Å². The van der Waals surface area contributed by atoms with Crippen LogP contribution in [0.4, 0.5) is 0 Å². The smallest absolute Gasteiger partial charge is 0.157 e. The van der Waals surface area contributed by atoms with Crippen LogP contribution in [0.5, 0.6) is 0 Å². The number of rotatable bonds is 10. The van der Waals surface area contributed by atoms with Crippen molar-refractivity contribution in [3.8, 4) is 0 Å². The minimum absolute atomic E-state index is 0.0798. The van der Waals surface area contributed by atoms with E-state index in [1.165, 1.54) is 5.56 Å². The van der Waals surface area contributed by atoms with E-state index in [2.05, 4.69) is 43.4 Å². The Morgan fingerprint density at radius 2 is 1.83 bits per heavy atom. The van der Waals surface area contributed by atoms with E-state index in [9.17, 15) is 0 Å². The molecule has 1 aromatic carbocycles. The van der Waals surface area contributed by atoms with Gasteiger partial charge in [-0.25, -0.2) is 0 Å². The Morgan fingerprint density at radius 1 is 1.13 bits per heavy atom. The highest BCUT2D eigenvalue weighted by molar-refractivity contribution is 5.50. The highest BCUT2D eigenvalue weighted by atomic mass is 16.7. The first kappa shape index (κ1) is 17.9. The minimum Gasteiger partial charge on any atom is -0.362 e. The molecule has 1 heterocycles. The van der Waals surface area contributed by atoms with Crippen molar-refractivity contribution >= 4 is 6.08 Å². The van der Waals surface area contributed by atoms with Gasteiger partial charge in [0.25, 0.3) is 0 Å². The molecule has 0 radical (unpaired) electrons. The van der Waals surface area contributed by atoms with Gasteiger partial charge in [-0.2, -0.15) is 0 Å². The van der Waals surface area contributed by atoms with Crippen LogP contribution in [0.15, 0.2) is 48.6 Å². The van der Waals surface area contributed by atoms with Crippen molar-refractivity contribution in [1.82, 2.24) is 0 Å². The summed E-state index contributed by atoms with van der Waals surface area (Å²) in [5.41, 5.74) is 1.12. The van der Waals surface area contributed by atoms with E-state index in [1.54, 1.807) is 0 Å². The fraction of sp³-hybridized carbons (Fsp3) is 0.500. The topological polar surface area (TPSA) is 31.0 Å². The van der Waals surface area contributed by atoms with Gasteiger partial charge >= 0.3 is 0 Å². The molecule has 3 heteroatoms. The molecule has 1 aliphatic rings. The molecule has 1 saturated heterocycles. The van der Waals surface area contributed by atoms with Gasteiger partial charge in [0, 0.05) is 19.6 Å². The van der Waals surface area contributed by atoms with Gasteiger partial charge in [-0.05, 0) is 32.8 Å². The van der Waals surface area contributed by atoms with Crippen LogP contribution in [0.2, 0.25) is 0 Å². The molecule has 1 aromatic rings. The van der Waals surface area contributed by atoms with Crippen molar-refractivity contribution in [3.05, 3.63) is 54.1 Å². The molecule has 126 valence electrons. The lowest BCUT2D eigenvalue weighted by Crippen LogP contribution is -2.21. The standard InChI is InChI=1S/C20H28O3/c1-4-21-19(22-5-2)15-16-20(3)18(23-20)14-10-9-13-17-11-7-6-8-12-17/h6-14,18-19H,4-5,15-16H2,1-3H3/b13-9+,14-10-/t18-,20-/m0/s1. The molecule has 0 aromatic heterocycles. The van der Waals surface area contributed by atoms with Gasteiger partial charge in [-0.1, -0.05) is 54.6 Å². The van der Waals surface area contributed by atoms with Crippen LogP contribution < -0.4 is 0 Å². The Morgan fingerprint density at radius 3 is 2.48 bits per heavy atom. The Labute approximate surface area is 139 Å². The van der Waals surface area contributed by atoms with Crippen LogP contribution in [-0.4, -0.2) is 31.2 Å². The molecule has 1 fully saturated rings. The number of allylic oxidation sites excluding steroid dienone is 2. The highest BCUT2D eigenvalue weighted by Crippen LogP contribution is 2.41. The first-order chi connectivity index (χ1) is 11.2. The van der Waals surface area contributed by atoms with Gasteiger partial charge in [0.15, 0.2) is 6.29 Å². The number of epoxide rings is 1. The fourth-order valence-electron chi connectivity index (χ4n) is 2.59. The normalized spacial score (nSPS) is 24.1. The van der Waals surface area contributed by atoms with Crippen molar-refractivity contribution in [2.75, 3.05) is 13.2 Å². The van der Waals surface area contributed by atoms with E-state index >= 15 is 0 Å². The number of ether oxygens (including phenoxy) is 3. The highest BCUT2D eigenvalue weighted by Gasteiger charge is 2.50. The van der Waals surface area contributed by atoms with E-state index in [-0.39, 0.29) is 18.0 Å². The Balaban J connectivity index is 1.74. The number of benzene rings is 1. The van der Waals surface area contributed by atoms with Crippen molar-refractivity contribution in [2.45, 2.75) is 51.6 Å². The predicted octanol–water partition coefficient (Wildman–Crippen LogP) is 4.59.